The third-order valence-electron chi connectivity index (χ3n) is 6.88. The maximum atomic E-state index is 5.17. The molecule has 0 saturated heterocycles. The number of nitrogens with zero attached hydrogens (tertiary/aromatic N) is 2. The van der Waals surface area contributed by atoms with Crippen LogP contribution < -0.4 is 0 Å². The molecule has 5 heterocycles. The highest BCUT2D eigenvalue weighted by atomic mass is 14.8. The summed E-state index contributed by atoms with van der Waals surface area (Å²) in [6.07, 6.45) is 0. The quantitative estimate of drug-likeness (QED) is 0.320. The van der Waals surface area contributed by atoms with Crippen LogP contribution in [0.4, 0.5) is 0 Å². The van der Waals surface area contributed by atoms with Crippen molar-refractivity contribution >= 4 is 44.4 Å². The van der Waals surface area contributed by atoms with Crippen molar-refractivity contribution in [2.24, 2.45) is 0 Å². The van der Waals surface area contributed by atoms with Gasteiger partial charge in [0.1, 0.15) is 0 Å². The number of allylic oxidation sites excluding steroid dienone is 3. The minimum Gasteiger partial charge on any atom is -0.355 e. The van der Waals surface area contributed by atoms with Crippen LogP contribution in [0.15, 0.2) is 72.8 Å². The number of rotatable bonds is 1. The first-order valence-corrected chi connectivity index (χ1v) is 11.6. The zero-order valence-corrected chi connectivity index (χ0v) is 19.8. The van der Waals surface area contributed by atoms with E-state index in [0.29, 0.717) is 0 Å². The average Bonchev–Trinajstić information content (AvgIpc) is 3.59. The summed E-state index contributed by atoms with van der Waals surface area (Å²) in [7, 11) is 0. The Morgan fingerprint density at radius 1 is 0.529 bits per heavy atom. The zero-order chi connectivity index (χ0) is 23.4. The molecule has 34 heavy (non-hydrogen) atoms. The predicted molar refractivity (Wildman–Crippen MR) is 142 cm³/mol. The second-order valence-corrected chi connectivity index (χ2v) is 9.10. The fourth-order valence-corrected chi connectivity index (χ4v) is 4.94. The van der Waals surface area contributed by atoms with E-state index in [1.165, 1.54) is 27.9 Å². The molecule has 0 saturated carbocycles. The third-order valence-corrected chi connectivity index (χ3v) is 6.88. The Kier molecular flexibility index (Phi) is 4.63. The SMILES string of the molecule is CC1=C(C)c2nc1cc1ccc(cc3ccc(cc4nc(c2C)C(C)=C4c2ccccc2)[nH]3)[nH]1. The Balaban J connectivity index is 1.76. The Morgan fingerprint density at radius 3 is 1.71 bits per heavy atom. The van der Waals surface area contributed by atoms with Gasteiger partial charge in [-0.15, -0.1) is 0 Å². The highest BCUT2D eigenvalue weighted by Crippen LogP contribution is 2.38. The van der Waals surface area contributed by atoms with E-state index in [-0.39, 0.29) is 0 Å². The van der Waals surface area contributed by atoms with Gasteiger partial charge in [-0.2, -0.15) is 0 Å². The maximum absolute atomic E-state index is 5.17. The molecule has 0 fully saturated rings. The topological polar surface area (TPSA) is 57.4 Å². The summed E-state index contributed by atoms with van der Waals surface area (Å²) in [4.78, 5) is 17.2. The number of aromatic nitrogens is 4. The van der Waals surface area contributed by atoms with E-state index in [0.717, 1.165) is 50.4 Å². The van der Waals surface area contributed by atoms with Gasteiger partial charge in [-0.25, -0.2) is 9.97 Å². The summed E-state index contributed by atoms with van der Waals surface area (Å²) >= 11 is 0. The molecular weight excluding hydrogens is 416 g/mol. The molecule has 1 aromatic carbocycles. The molecule has 8 bridgehead atoms. The van der Waals surface area contributed by atoms with E-state index in [1.807, 2.05) is 0 Å². The maximum Gasteiger partial charge on any atom is 0.0739 e. The predicted octanol–water partition coefficient (Wildman–Crippen LogP) is 7.55. The van der Waals surface area contributed by atoms with Gasteiger partial charge in [0, 0.05) is 33.2 Å². The number of fused-ring (bicyclic) bond motifs is 8. The van der Waals surface area contributed by atoms with Crippen molar-refractivity contribution in [3.63, 3.8) is 0 Å². The normalized spacial score (nSPS) is 13.6. The first kappa shape index (κ1) is 20.4. The fraction of sp³-hybridized carbons (Fsp3) is 0.133. The summed E-state index contributed by atoms with van der Waals surface area (Å²) in [5.41, 5.74) is 15.2. The molecule has 3 aromatic heterocycles. The minimum absolute atomic E-state index is 0.966. The standard InChI is InChI=1S/C30H26N4/c1-17-18(2)29-20(4)30-19(3)28(21-8-6-5-7-9-21)27(34-30)16-25-13-11-23(32-25)14-22-10-12-24(31-22)15-26(17)33-29/h5-16,31-32H,1-4H3. The number of hydrogen-bond donors (Lipinski definition) is 2. The Hall–Kier alpha value is -4.18. The average molecular weight is 443 g/mol. The van der Waals surface area contributed by atoms with Crippen molar-refractivity contribution in [2.45, 2.75) is 27.7 Å². The second-order valence-electron chi connectivity index (χ2n) is 9.10. The molecule has 0 radical (unpaired) electrons. The first-order valence-electron chi connectivity index (χ1n) is 11.6. The van der Waals surface area contributed by atoms with Gasteiger partial charge >= 0.3 is 0 Å². The van der Waals surface area contributed by atoms with Gasteiger partial charge in [-0.3, -0.25) is 0 Å². The van der Waals surface area contributed by atoms with Gasteiger partial charge < -0.3 is 9.97 Å². The molecule has 166 valence electrons. The van der Waals surface area contributed by atoms with E-state index in [2.05, 4.69) is 110 Å². The fourth-order valence-electron chi connectivity index (χ4n) is 4.94. The Morgan fingerprint density at radius 2 is 1.06 bits per heavy atom. The van der Waals surface area contributed by atoms with Crippen LogP contribution in [0, 0.1) is 6.92 Å². The van der Waals surface area contributed by atoms with E-state index < -0.39 is 0 Å². The highest BCUT2D eigenvalue weighted by Gasteiger charge is 2.23. The molecule has 0 spiro atoms. The molecule has 2 aliphatic rings. The molecule has 6 rings (SSSR count). The summed E-state index contributed by atoms with van der Waals surface area (Å²) in [5.74, 6) is 0. The van der Waals surface area contributed by atoms with Gasteiger partial charge in [-0.1, -0.05) is 30.3 Å². The van der Waals surface area contributed by atoms with Crippen LogP contribution in [-0.4, -0.2) is 19.9 Å². The second kappa shape index (κ2) is 7.70. The Bertz CT molecular complexity index is 1680. The lowest BCUT2D eigenvalue weighted by atomic mass is 9.96. The molecule has 0 amide bonds. The van der Waals surface area contributed by atoms with Gasteiger partial charge in [0.2, 0.25) is 0 Å². The van der Waals surface area contributed by atoms with E-state index >= 15 is 0 Å². The Labute approximate surface area is 198 Å². The summed E-state index contributed by atoms with van der Waals surface area (Å²) in [6.45, 7) is 8.62. The molecule has 2 N–H and O–H groups in total. The van der Waals surface area contributed by atoms with Crippen molar-refractivity contribution in [1.29, 1.82) is 0 Å². The molecule has 4 heteroatoms. The number of H-pyrrole nitrogens is 2. The number of nitrogens with one attached hydrogen (secondary N) is 2. The lowest BCUT2D eigenvalue weighted by Gasteiger charge is -2.06. The number of aromatic amines is 2. The number of hydrogen-bond acceptors (Lipinski definition) is 2. The summed E-state index contributed by atoms with van der Waals surface area (Å²) in [5, 5.41) is 0. The van der Waals surface area contributed by atoms with Gasteiger partial charge in [0.15, 0.2) is 0 Å². The molecule has 0 aliphatic carbocycles. The van der Waals surface area contributed by atoms with Crippen LogP contribution in [-0.2, 0) is 0 Å². The van der Waals surface area contributed by atoms with Gasteiger partial charge in [-0.05, 0) is 92.4 Å². The molecule has 4 nitrogen and oxygen atoms in total. The van der Waals surface area contributed by atoms with E-state index in [1.54, 1.807) is 0 Å². The van der Waals surface area contributed by atoms with E-state index in [9.17, 15) is 0 Å². The van der Waals surface area contributed by atoms with Crippen molar-refractivity contribution in [1.82, 2.24) is 19.9 Å². The molecule has 0 atom stereocenters. The van der Waals surface area contributed by atoms with Crippen molar-refractivity contribution in [3.8, 4) is 0 Å². The van der Waals surface area contributed by atoms with Gasteiger partial charge in [0.05, 0.1) is 22.8 Å². The van der Waals surface area contributed by atoms with E-state index in [4.69, 9.17) is 9.97 Å². The van der Waals surface area contributed by atoms with Crippen LogP contribution >= 0.6 is 0 Å². The van der Waals surface area contributed by atoms with Crippen LogP contribution in [0.1, 0.15) is 54.7 Å². The number of benzene rings is 1. The molecule has 4 aromatic rings. The van der Waals surface area contributed by atoms with Crippen LogP contribution in [0.3, 0.4) is 0 Å². The zero-order valence-electron chi connectivity index (χ0n) is 19.8. The van der Waals surface area contributed by atoms with Crippen LogP contribution in [0.2, 0.25) is 0 Å². The third kappa shape index (κ3) is 3.30. The molecule has 2 aliphatic heterocycles. The van der Waals surface area contributed by atoms with Crippen molar-refractivity contribution in [2.75, 3.05) is 0 Å². The first-order chi connectivity index (χ1) is 16.5. The molecule has 0 unspecified atom stereocenters. The molecular formula is C30H26N4. The summed E-state index contributed by atoms with van der Waals surface area (Å²) in [6, 6.07) is 25.3. The largest absolute Gasteiger partial charge is 0.355 e. The monoisotopic (exact) mass is 442 g/mol. The highest BCUT2D eigenvalue weighted by molar-refractivity contribution is 6.01. The van der Waals surface area contributed by atoms with Crippen LogP contribution in [0.5, 0.6) is 0 Å². The lowest BCUT2D eigenvalue weighted by molar-refractivity contribution is 1.19. The lowest BCUT2D eigenvalue weighted by Crippen LogP contribution is -1.91. The van der Waals surface area contributed by atoms with Crippen molar-refractivity contribution in [3.05, 3.63) is 107 Å². The van der Waals surface area contributed by atoms with Crippen LogP contribution in [0.25, 0.3) is 44.4 Å². The minimum atomic E-state index is 0.966. The summed E-state index contributed by atoms with van der Waals surface area (Å²) < 4.78 is 0. The van der Waals surface area contributed by atoms with Crippen molar-refractivity contribution < 1.29 is 0 Å². The smallest absolute Gasteiger partial charge is 0.0739 e. The van der Waals surface area contributed by atoms with Gasteiger partial charge in [0.25, 0.3) is 0 Å².